The van der Waals surface area contributed by atoms with E-state index in [2.05, 4.69) is 5.32 Å². The van der Waals surface area contributed by atoms with Gasteiger partial charge in [-0.15, -0.1) is 0 Å². The number of carbonyl (C=O) groups is 1. The van der Waals surface area contributed by atoms with Crippen molar-refractivity contribution < 1.29 is 14.3 Å². The Morgan fingerprint density at radius 2 is 2.00 bits per heavy atom. The highest BCUT2D eigenvalue weighted by Gasteiger charge is 2.36. The minimum Gasteiger partial charge on any atom is -0.497 e. The van der Waals surface area contributed by atoms with Crippen LogP contribution in [-0.2, 0) is 15.1 Å². The van der Waals surface area contributed by atoms with E-state index in [-0.39, 0.29) is 12.0 Å². The molecular formula is C14H21NO3. The lowest BCUT2D eigenvalue weighted by atomic mass is 9.91. The summed E-state index contributed by atoms with van der Waals surface area (Å²) in [6, 6.07) is 7.58. The predicted octanol–water partition coefficient (Wildman–Crippen LogP) is 2.08. The number of hydrogen-bond donors (Lipinski definition) is 1. The van der Waals surface area contributed by atoms with Crippen LogP contribution in [0.25, 0.3) is 0 Å². The Balaban J connectivity index is 3.20. The van der Waals surface area contributed by atoms with Crippen molar-refractivity contribution in [3.8, 4) is 5.75 Å². The third-order valence-corrected chi connectivity index (χ3v) is 2.82. The lowest BCUT2D eigenvalue weighted by molar-refractivity contribution is -0.148. The molecule has 1 unspecified atom stereocenters. The van der Waals surface area contributed by atoms with Crippen LogP contribution in [0.15, 0.2) is 24.3 Å². The van der Waals surface area contributed by atoms with Crippen molar-refractivity contribution in [2.45, 2.75) is 32.4 Å². The van der Waals surface area contributed by atoms with Gasteiger partial charge >= 0.3 is 5.97 Å². The number of ether oxygens (including phenoxy) is 2. The van der Waals surface area contributed by atoms with Crippen molar-refractivity contribution in [2.24, 2.45) is 0 Å². The molecule has 1 N–H and O–H groups in total. The average molecular weight is 251 g/mol. The summed E-state index contributed by atoms with van der Waals surface area (Å²) in [5.74, 6) is 0.401. The molecule has 1 aromatic carbocycles. The second kappa shape index (κ2) is 5.87. The number of hydrogen-bond acceptors (Lipinski definition) is 4. The van der Waals surface area contributed by atoms with Crippen LogP contribution in [0.4, 0.5) is 0 Å². The van der Waals surface area contributed by atoms with Gasteiger partial charge in [-0.2, -0.15) is 0 Å². The molecule has 0 aliphatic rings. The summed E-state index contributed by atoms with van der Waals surface area (Å²) in [4.78, 5) is 12.0. The Morgan fingerprint density at radius 1 is 1.33 bits per heavy atom. The van der Waals surface area contributed by atoms with E-state index in [1.54, 1.807) is 7.11 Å². The van der Waals surface area contributed by atoms with Crippen molar-refractivity contribution >= 4 is 5.97 Å². The van der Waals surface area contributed by atoms with Crippen LogP contribution in [0.3, 0.4) is 0 Å². The van der Waals surface area contributed by atoms with Gasteiger partial charge in [-0.05, 0) is 38.5 Å². The van der Waals surface area contributed by atoms with Crippen LogP contribution in [0.1, 0.15) is 26.3 Å². The summed E-state index contributed by atoms with van der Waals surface area (Å²) < 4.78 is 10.1. The van der Waals surface area contributed by atoms with Gasteiger partial charge in [-0.3, -0.25) is 5.32 Å². The van der Waals surface area contributed by atoms with Gasteiger partial charge in [0.1, 0.15) is 11.3 Å². The van der Waals surface area contributed by atoms with Crippen molar-refractivity contribution in [1.82, 2.24) is 5.32 Å². The van der Waals surface area contributed by atoms with E-state index in [1.807, 2.05) is 45.0 Å². The van der Waals surface area contributed by atoms with Gasteiger partial charge in [0.2, 0.25) is 0 Å². The summed E-state index contributed by atoms with van der Waals surface area (Å²) in [5, 5.41) is 3.24. The fraction of sp³-hybridized carbons (Fsp3) is 0.500. The molecule has 0 bridgehead atoms. The first-order valence-electron chi connectivity index (χ1n) is 5.94. The van der Waals surface area contributed by atoms with Crippen LogP contribution in [0, 0.1) is 0 Å². The second-order valence-corrected chi connectivity index (χ2v) is 4.65. The molecule has 0 amide bonds. The van der Waals surface area contributed by atoms with Gasteiger partial charge < -0.3 is 9.47 Å². The molecule has 1 rings (SSSR count). The highest BCUT2D eigenvalue weighted by molar-refractivity contribution is 5.82. The first-order chi connectivity index (χ1) is 8.43. The van der Waals surface area contributed by atoms with E-state index < -0.39 is 5.54 Å². The summed E-state index contributed by atoms with van der Waals surface area (Å²) in [6.07, 6.45) is 0. The Morgan fingerprint density at radius 3 is 2.50 bits per heavy atom. The molecule has 18 heavy (non-hydrogen) atoms. The molecule has 0 saturated carbocycles. The van der Waals surface area contributed by atoms with Gasteiger partial charge in [0, 0.05) is 6.04 Å². The fourth-order valence-electron chi connectivity index (χ4n) is 1.98. The third kappa shape index (κ3) is 3.01. The minimum absolute atomic E-state index is 0.153. The molecule has 0 aromatic heterocycles. The maximum atomic E-state index is 12.0. The Labute approximate surface area is 108 Å². The van der Waals surface area contributed by atoms with Gasteiger partial charge in [0.25, 0.3) is 0 Å². The molecule has 0 aliphatic carbocycles. The molecule has 0 heterocycles. The highest BCUT2D eigenvalue weighted by Crippen LogP contribution is 2.26. The van der Waals surface area contributed by atoms with Crippen LogP contribution in [-0.4, -0.2) is 26.2 Å². The number of esters is 1. The standard InChI is InChI=1S/C14H21NO3/c1-10(2)15-14(3,13(16)18-5)11-7-6-8-12(9-11)17-4/h6-10,15H,1-5H3. The number of benzene rings is 1. The topological polar surface area (TPSA) is 47.6 Å². The first-order valence-corrected chi connectivity index (χ1v) is 5.94. The molecular weight excluding hydrogens is 230 g/mol. The Kier molecular flexibility index (Phi) is 4.73. The highest BCUT2D eigenvalue weighted by atomic mass is 16.5. The van der Waals surface area contributed by atoms with Crippen LogP contribution in [0.5, 0.6) is 5.75 Å². The molecule has 1 atom stereocenters. The van der Waals surface area contributed by atoms with E-state index in [0.29, 0.717) is 5.75 Å². The van der Waals surface area contributed by atoms with Crippen molar-refractivity contribution in [1.29, 1.82) is 0 Å². The van der Waals surface area contributed by atoms with Crippen LogP contribution in [0.2, 0.25) is 0 Å². The zero-order valence-corrected chi connectivity index (χ0v) is 11.6. The van der Waals surface area contributed by atoms with Crippen LogP contribution < -0.4 is 10.1 Å². The molecule has 0 fully saturated rings. The average Bonchev–Trinajstić information content (AvgIpc) is 2.36. The van der Waals surface area contributed by atoms with E-state index in [9.17, 15) is 4.79 Å². The van der Waals surface area contributed by atoms with E-state index in [1.165, 1.54) is 7.11 Å². The fourth-order valence-corrected chi connectivity index (χ4v) is 1.98. The minimum atomic E-state index is -0.878. The largest absolute Gasteiger partial charge is 0.497 e. The Bertz CT molecular complexity index is 417. The Hall–Kier alpha value is -1.55. The zero-order chi connectivity index (χ0) is 13.8. The molecule has 0 radical (unpaired) electrons. The molecule has 100 valence electrons. The normalized spacial score (nSPS) is 14.1. The quantitative estimate of drug-likeness (QED) is 0.814. The molecule has 4 heteroatoms. The predicted molar refractivity (Wildman–Crippen MR) is 70.6 cm³/mol. The number of methoxy groups -OCH3 is 2. The lowest BCUT2D eigenvalue weighted by Gasteiger charge is -2.30. The maximum absolute atomic E-state index is 12.0. The summed E-state index contributed by atoms with van der Waals surface area (Å²) >= 11 is 0. The van der Waals surface area contributed by atoms with Crippen LogP contribution >= 0.6 is 0 Å². The smallest absolute Gasteiger partial charge is 0.330 e. The van der Waals surface area contributed by atoms with Crippen molar-refractivity contribution in [3.63, 3.8) is 0 Å². The SMILES string of the molecule is COC(=O)C(C)(NC(C)C)c1cccc(OC)c1. The molecule has 0 aliphatic heterocycles. The summed E-state index contributed by atoms with van der Waals surface area (Å²) in [7, 11) is 2.99. The first kappa shape index (κ1) is 14.5. The zero-order valence-electron chi connectivity index (χ0n) is 11.6. The van der Waals surface area contributed by atoms with Crippen molar-refractivity contribution in [2.75, 3.05) is 14.2 Å². The van der Waals surface area contributed by atoms with E-state index in [0.717, 1.165) is 5.56 Å². The molecule has 4 nitrogen and oxygen atoms in total. The monoisotopic (exact) mass is 251 g/mol. The molecule has 0 spiro atoms. The lowest BCUT2D eigenvalue weighted by Crippen LogP contribution is -2.50. The number of rotatable bonds is 5. The van der Waals surface area contributed by atoms with E-state index in [4.69, 9.17) is 9.47 Å². The van der Waals surface area contributed by atoms with Gasteiger partial charge in [0.15, 0.2) is 0 Å². The third-order valence-electron chi connectivity index (χ3n) is 2.82. The second-order valence-electron chi connectivity index (χ2n) is 4.65. The van der Waals surface area contributed by atoms with Gasteiger partial charge in [-0.1, -0.05) is 12.1 Å². The molecule has 0 saturated heterocycles. The number of nitrogens with one attached hydrogen (secondary N) is 1. The molecule has 1 aromatic rings. The van der Waals surface area contributed by atoms with E-state index >= 15 is 0 Å². The van der Waals surface area contributed by atoms with Crippen molar-refractivity contribution in [3.05, 3.63) is 29.8 Å². The summed E-state index contributed by atoms with van der Waals surface area (Å²) in [5.41, 5.74) is -0.0559. The van der Waals surface area contributed by atoms with Gasteiger partial charge in [0.05, 0.1) is 14.2 Å². The van der Waals surface area contributed by atoms with Gasteiger partial charge in [-0.25, -0.2) is 4.79 Å². The summed E-state index contributed by atoms with van der Waals surface area (Å²) in [6.45, 7) is 5.79. The number of carbonyl (C=O) groups excluding carboxylic acids is 1. The maximum Gasteiger partial charge on any atom is 0.330 e.